The molecule has 0 bridgehead atoms. The Kier molecular flexibility index (Phi) is 4.68. The first-order chi connectivity index (χ1) is 11.6. The molecule has 2 fully saturated rings. The van der Waals surface area contributed by atoms with E-state index in [4.69, 9.17) is 15.0 Å². The highest BCUT2D eigenvalue weighted by molar-refractivity contribution is 6.62. The van der Waals surface area contributed by atoms with E-state index in [1.165, 1.54) is 12.1 Å². The lowest BCUT2D eigenvalue weighted by Gasteiger charge is -2.32. The van der Waals surface area contributed by atoms with E-state index in [0.29, 0.717) is 24.1 Å². The van der Waals surface area contributed by atoms with Gasteiger partial charge in [0, 0.05) is 24.7 Å². The van der Waals surface area contributed by atoms with Gasteiger partial charge in [-0.05, 0) is 64.2 Å². The van der Waals surface area contributed by atoms with Gasteiger partial charge in [-0.25, -0.2) is 4.39 Å². The van der Waals surface area contributed by atoms with Gasteiger partial charge in [0.05, 0.1) is 11.2 Å². The Morgan fingerprint density at radius 3 is 2.28 bits per heavy atom. The van der Waals surface area contributed by atoms with E-state index >= 15 is 0 Å². The number of carbonyl (C=O) groups is 1. The molecule has 25 heavy (non-hydrogen) atoms. The molecule has 0 atom stereocenters. The van der Waals surface area contributed by atoms with Crippen molar-refractivity contribution in [3.63, 3.8) is 0 Å². The number of piperidine rings is 1. The molecule has 1 aromatic carbocycles. The predicted molar refractivity (Wildman–Crippen MR) is 95.2 cm³/mol. The fourth-order valence-corrected chi connectivity index (χ4v) is 3.14. The molecular formula is C18H26BFN2O3. The van der Waals surface area contributed by atoms with Crippen LogP contribution in [0.2, 0.25) is 0 Å². The second kappa shape index (κ2) is 6.38. The number of hydrogen-bond donors (Lipinski definition) is 1. The monoisotopic (exact) mass is 348 g/mol. The maximum Gasteiger partial charge on any atom is 0.494 e. The van der Waals surface area contributed by atoms with Crippen molar-refractivity contribution in [1.29, 1.82) is 0 Å². The summed E-state index contributed by atoms with van der Waals surface area (Å²) >= 11 is 0. The van der Waals surface area contributed by atoms with E-state index in [1.54, 1.807) is 11.0 Å². The van der Waals surface area contributed by atoms with Crippen molar-refractivity contribution in [2.24, 2.45) is 5.73 Å². The summed E-state index contributed by atoms with van der Waals surface area (Å²) in [5.74, 6) is -0.645. The van der Waals surface area contributed by atoms with Crippen LogP contribution in [0.25, 0.3) is 0 Å². The van der Waals surface area contributed by atoms with Gasteiger partial charge in [-0.2, -0.15) is 0 Å². The maximum absolute atomic E-state index is 14.2. The van der Waals surface area contributed by atoms with E-state index < -0.39 is 24.1 Å². The van der Waals surface area contributed by atoms with Gasteiger partial charge in [-0.3, -0.25) is 4.79 Å². The molecule has 0 unspecified atom stereocenters. The van der Waals surface area contributed by atoms with E-state index in [-0.39, 0.29) is 11.9 Å². The molecule has 136 valence electrons. The van der Waals surface area contributed by atoms with Crippen molar-refractivity contribution < 1.29 is 18.5 Å². The first-order valence-electron chi connectivity index (χ1n) is 8.80. The average molecular weight is 348 g/mol. The summed E-state index contributed by atoms with van der Waals surface area (Å²) in [6.45, 7) is 8.96. The van der Waals surface area contributed by atoms with Gasteiger partial charge < -0.3 is 19.9 Å². The largest absolute Gasteiger partial charge is 0.494 e. The zero-order chi connectivity index (χ0) is 18.4. The van der Waals surface area contributed by atoms with Gasteiger partial charge in [-0.15, -0.1) is 0 Å². The van der Waals surface area contributed by atoms with E-state index in [0.717, 1.165) is 12.8 Å². The van der Waals surface area contributed by atoms with Crippen LogP contribution in [0.3, 0.4) is 0 Å². The molecule has 2 heterocycles. The second-order valence-corrected chi connectivity index (χ2v) is 7.99. The van der Waals surface area contributed by atoms with Gasteiger partial charge in [0.2, 0.25) is 0 Å². The molecule has 1 amide bonds. The van der Waals surface area contributed by atoms with Crippen molar-refractivity contribution in [1.82, 2.24) is 4.90 Å². The lowest BCUT2D eigenvalue weighted by Crippen LogP contribution is -2.43. The second-order valence-electron chi connectivity index (χ2n) is 7.99. The maximum atomic E-state index is 14.2. The zero-order valence-corrected chi connectivity index (χ0v) is 15.3. The number of hydrogen-bond acceptors (Lipinski definition) is 4. The molecule has 1 aromatic rings. The number of rotatable bonds is 2. The standard InChI is InChI=1S/C18H26BFN2O3/c1-17(2)18(3,4)25-19(24-17)13-9-12(10-14(20)11-13)16(23)22-7-5-15(21)6-8-22/h9-11,15H,5-8,21H2,1-4H3. The number of nitrogens with zero attached hydrogens (tertiary/aromatic N) is 1. The highest BCUT2D eigenvalue weighted by Gasteiger charge is 2.51. The van der Waals surface area contributed by atoms with Crippen molar-refractivity contribution in [3.05, 3.63) is 29.6 Å². The molecule has 2 N–H and O–H groups in total. The third-order valence-corrected chi connectivity index (χ3v) is 5.52. The third kappa shape index (κ3) is 3.59. The van der Waals surface area contributed by atoms with Crippen molar-refractivity contribution in [2.75, 3.05) is 13.1 Å². The fourth-order valence-electron chi connectivity index (χ4n) is 3.14. The topological polar surface area (TPSA) is 64.8 Å². The number of likely N-dealkylation sites (tertiary alicyclic amines) is 1. The van der Waals surface area contributed by atoms with Gasteiger partial charge in [-0.1, -0.05) is 0 Å². The number of carbonyl (C=O) groups excluding carboxylic acids is 1. The van der Waals surface area contributed by atoms with Crippen molar-refractivity contribution in [2.45, 2.75) is 57.8 Å². The van der Waals surface area contributed by atoms with Crippen LogP contribution in [0.5, 0.6) is 0 Å². The molecule has 5 nitrogen and oxygen atoms in total. The molecular weight excluding hydrogens is 322 g/mol. The van der Waals surface area contributed by atoms with Crippen LogP contribution in [0, 0.1) is 5.82 Å². The average Bonchev–Trinajstić information content (AvgIpc) is 2.75. The van der Waals surface area contributed by atoms with E-state index in [2.05, 4.69) is 0 Å². The summed E-state index contributed by atoms with van der Waals surface area (Å²) in [5, 5.41) is 0. The first kappa shape index (κ1) is 18.4. The highest BCUT2D eigenvalue weighted by Crippen LogP contribution is 2.36. The zero-order valence-electron chi connectivity index (χ0n) is 15.3. The Balaban J connectivity index is 1.83. The van der Waals surface area contributed by atoms with Gasteiger partial charge in [0.1, 0.15) is 5.82 Å². The highest BCUT2D eigenvalue weighted by atomic mass is 19.1. The number of benzene rings is 1. The molecule has 7 heteroatoms. The number of nitrogens with two attached hydrogens (primary N) is 1. The van der Waals surface area contributed by atoms with Crippen LogP contribution in [-0.4, -0.2) is 48.3 Å². The van der Waals surface area contributed by atoms with Crippen LogP contribution in [0.4, 0.5) is 4.39 Å². The Bertz CT molecular complexity index is 656. The molecule has 2 saturated heterocycles. The quantitative estimate of drug-likeness (QED) is 0.826. The van der Waals surface area contributed by atoms with Gasteiger partial charge >= 0.3 is 7.12 Å². The fraction of sp³-hybridized carbons (Fsp3) is 0.611. The molecule has 0 aromatic heterocycles. The predicted octanol–water partition coefficient (Wildman–Crippen LogP) is 1.69. The Morgan fingerprint density at radius 1 is 1.16 bits per heavy atom. The molecule has 2 aliphatic heterocycles. The summed E-state index contributed by atoms with van der Waals surface area (Å²) < 4.78 is 26.1. The summed E-state index contributed by atoms with van der Waals surface area (Å²) in [7, 11) is -0.693. The van der Waals surface area contributed by atoms with Crippen LogP contribution < -0.4 is 11.2 Å². The SMILES string of the molecule is CC1(C)OB(c2cc(F)cc(C(=O)N3CCC(N)CC3)c2)OC1(C)C. The molecule has 2 aliphatic rings. The van der Waals surface area contributed by atoms with Crippen LogP contribution >= 0.6 is 0 Å². The smallest absolute Gasteiger partial charge is 0.399 e. The minimum Gasteiger partial charge on any atom is -0.399 e. The van der Waals surface area contributed by atoms with Crippen LogP contribution in [-0.2, 0) is 9.31 Å². The van der Waals surface area contributed by atoms with Crippen LogP contribution in [0.1, 0.15) is 50.9 Å². The van der Waals surface area contributed by atoms with Crippen LogP contribution in [0.15, 0.2) is 18.2 Å². The summed E-state index contributed by atoms with van der Waals surface area (Å²) in [6, 6.07) is 4.44. The lowest BCUT2D eigenvalue weighted by molar-refractivity contribution is 0.00578. The van der Waals surface area contributed by atoms with Gasteiger partial charge in [0.25, 0.3) is 5.91 Å². The molecule has 3 rings (SSSR count). The molecule has 0 aliphatic carbocycles. The Labute approximate surface area is 148 Å². The number of amides is 1. The van der Waals surface area contributed by atoms with Crippen molar-refractivity contribution in [3.8, 4) is 0 Å². The number of halogens is 1. The minimum absolute atomic E-state index is 0.136. The molecule has 0 saturated carbocycles. The third-order valence-electron chi connectivity index (χ3n) is 5.52. The Morgan fingerprint density at radius 2 is 1.72 bits per heavy atom. The van der Waals surface area contributed by atoms with E-state index in [9.17, 15) is 9.18 Å². The van der Waals surface area contributed by atoms with Gasteiger partial charge in [0.15, 0.2) is 0 Å². The minimum atomic E-state index is -0.693. The normalized spacial score (nSPS) is 23.1. The Hall–Kier alpha value is -1.44. The molecule has 0 radical (unpaired) electrons. The first-order valence-corrected chi connectivity index (χ1v) is 8.80. The van der Waals surface area contributed by atoms with E-state index in [1.807, 2.05) is 27.7 Å². The van der Waals surface area contributed by atoms with Crippen molar-refractivity contribution >= 4 is 18.5 Å². The summed E-state index contributed by atoms with van der Waals surface area (Å²) in [6.07, 6.45) is 1.54. The lowest BCUT2D eigenvalue weighted by atomic mass is 9.78. The summed E-state index contributed by atoms with van der Waals surface area (Å²) in [5.41, 5.74) is 5.70. The molecule has 0 spiro atoms. The summed E-state index contributed by atoms with van der Waals surface area (Å²) in [4.78, 5) is 14.4.